The molecule has 0 unspecified atom stereocenters. The van der Waals surface area contributed by atoms with Gasteiger partial charge in [0.15, 0.2) is 0 Å². The van der Waals surface area contributed by atoms with Crippen molar-refractivity contribution in [2.45, 2.75) is 84.0 Å². The molecule has 0 aromatic heterocycles. The molecule has 0 nitrogen and oxygen atoms in total. The maximum Gasteiger partial charge on any atom is 0.00313 e. The topological polar surface area (TPSA) is 0 Å². The summed E-state index contributed by atoms with van der Waals surface area (Å²) in [6.07, 6.45) is 25.4. The van der Waals surface area contributed by atoms with Gasteiger partial charge in [0, 0.05) is 5.33 Å². The predicted molar refractivity (Wildman–Crippen MR) is 93.2 cm³/mol. The lowest BCUT2D eigenvalue weighted by atomic mass is 10.1. The van der Waals surface area contributed by atoms with Crippen molar-refractivity contribution in [3.05, 3.63) is 24.3 Å². The molecule has 0 amide bonds. The summed E-state index contributed by atoms with van der Waals surface area (Å²) in [5.74, 6) is 0. The van der Waals surface area contributed by atoms with Gasteiger partial charge in [-0.2, -0.15) is 0 Å². The Morgan fingerprint density at radius 2 is 1.00 bits per heavy atom. The lowest BCUT2D eigenvalue weighted by Gasteiger charge is -1.95. The van der Waals surface area contributed by atoms with Crippen LogP contribution in [0.2, 0.25) is 0 Å². The maximum atomic E-state index is 3.47. The molecule has 0 aromatic rings. The number of hydrogen-bond acceptors (Lipinski definition) is 0. The minimum Gasteiger partial charge on any atom is -0.0928 e. The minimum atomic E-state index is 1.16. The third-order valence-corrected chi connectivity index (χ3v) is 3.86. The van der Waals surface area contributed by atoms with E-state index < -0.39 is 0 Å². The lowest BCUT2D eigenvalue weighted by Crippen LogP contribution is -1.77. The van der Waals surface area contributed by atoms with Crippen LogP contribution in [-0.2, 0) is 0 Å². The first-order valence-electron chi connectivity index (χ1n) is 8.27. The van der Waals surface area contributed by atoms with Gasteiger partial charge < -0.3 is 0 Å². The van der Waals surface area contributed by atoms with Gasteiger partial charge >= 0.3 is 0 Å². The zero-order valence-electron chi connectivity index (χ0n) is 12.9. The summed E-state index contributed by atoms with van der Waals surface area (Å²) in [4.78, 5) is 0. The summed E-state index contributed by atoms with van der Waals surface area (Å²) in [5.41, 5.74) is 0. The van der Waals surface area contributed by atoms with Gasteiger partial charge in [-0.3, -0.25) is 0 Å². The number of allylic oxidation sites excluding steroid dienone is 4. The van der Waals surface area contributed by atoms with E-state index in [0.717, 1.165) is 5.33 Å². The van der Waals surface area contributed by atoms with Gasteiger partial charge in [-0.1, -0.05) is 66.4 Å². The van der Waals surface area contributed by atoms with Crippen molar-refractivity contribution >= 4 is 15.9 Å². The molecule has 0 saturated heterocycles. The molecule has 0 aromatic carbocycles. The van der Waals surface area contributed by atoms with Crippen molar-refractivity contribution in [1.82, 2.24) is 0 Å². The second kappa shape index (κ2) is 18.0. The Balaban J connectivity index is 3.11. The van der Waals surface area contributed by atoms with Gasteiger partial charge in [0.05, 0.1) is 0 Å². The summed E-state index contributed by atoms with van der Waals surface area (Å²) in [6, 6.07) is 0. The Kier molecular flexibility index (Phi) is 17.9. The summed E-state index contributed by atoms with van der Waals surface area (Å²) in [5, 5.41) is 1.16. The molecule has 0 atom stereocenters. The first-order chi connectivity index (χ1) is 9.41. The van der Waals surface area contributed by atoms with Crippen LogP contribution in [0.25, 0.3) is 0 Å². The highest BCUT2D eigenvalue weighted by atomic mass is 79.9. The van der Waals surface area contributed by atoms with E-state index >= 15 is 0 Å². The first-order valence-corrected chi connectivity index (χ1v) is 9.40. The summed E-state index contributed by atoms with van der Waals surface area (Å²) >= 11 is 3.47. The average Bonchev–Trinajstić information content (AvgIpc) is 2.43. The monoisotopic (exact) mass is 328 g/mol. The van der Waals surface area contributed by atoms with E-state index in [1.807, 2.05) is 0 Å². The van der Waals surface area contributed by atoms with Gasteiger partial charge in [0.2, 0.25) is 0 Å². The first kappa shape index (κ1) is 19.0. The second-order valence-corrected chi connectivity index (χ2v) is 6.05. The van der Waals surface area contributed by atoms with E-state index in [9.17, 15) is 0 Å². The molecule has 0 aliphatic carbocycles. The van der Waals surface area contributed by atoms with E-state index in [1.54, 1.807) is 0 Å². The molecule has 0 aliphatic rings. The van der Waals surface area contributed by atoms with E-state index in [2.05, 4.69) is 47.2 Å². The summed E-state index contributed by atoms with van der Waals surface area (Å²) < 4.78 is 0. The Hall–Kier alpha value is -0.0400. The Labute approximate surface area is 129 Å². The van der Waals surface area contributed by atoms with Gasteiger partial charge in [-0.05, 0) is 57.8 Å². The minimum absolute atomic E-state index is 1.16. The van der Waals surface area contributed by atoms with E-state index in [0.29, 0.717) is 0 Å². The zero-order valence-corrected chi connectivity index (χ0v) is 14.5. The van der Waals surface area contributed by atoms with Crippen LogP contribution in [0.15, 0.2) is 24.3 Å². The number of hydrogen-bond donors (Lipinski definition) is 0. The highest BCUT2D eigenvalue weighted by Gasteiger charge is 1.86. The van der Waals surface area contributed by atoms with Crippen LogP contribution in [0, 0.1) is 0 Å². The number of alkyl halides is 1. The largest absolute Gasteiger partial charge is 0.0928 e. The van der Waals surface area contributed by atoms with Crippen molar-refractivity contribution < 1.29 is 0 Å². The molecular formula is C18H33Br. The fraction of sp³-hybridized carbons (Fsp3) is 0.778. The van der Waals surface area contributed by atoms with Crippen molar-refractivity contribution in [1.29, 1.82) is 0 Å². The van der Waals surface area contributed by atoms with Crippen molar-refractivity contribution in [3.63, 3.8) is 0 Å². The third-order valence-electron chi connectivity index (χ3n) is 3.30. The molecule has 0 saturated carbocycles. The van der Waals surface area contributed by atoms with Crippen molar-refractivity contribution in [3.8, 4) is 0 Å². The molecule has 0 rings (SSSR count). The smallest absolute Gasteiger partial charge is 0.00313 e. The molecule has 0 N–H and O–H groups in total. The van der Waals surface area contributed by atoms with Crippen LogP contribution in [0.4, 0.5) is 0 Å². The van der Waals surface area contributed by atoms with Gasteiger partial charge in [-0.25, -0.2) is 0 Å². The molecule has 0 aliphatic heterocycles. The Morgan fingerprint density at radius 1 is 0.579 bits per heavy atom. The highest BCUT2D eigenvalue weighted by molar-refractivity contribution is 9.09. The fourth-order valence-electron chi connectivity index (χ4n) is 2.04. The van der Waals surface area contributed by atoms with E-state index in [1.165, 1.54) is 77.0 Å². The lowest BCUT2D eigenvalue weighted by molar-refractivity contribution is 0.721. The molecule has 112 valence electrons. The van der Waals surface area contributed by atoms with Gasteiger partial charge in [0.1, 0.15) is 0 Å². The van der Waals surface area contributed by atoms with Gasteiger partial charge in [-0.15, -0.1) is 0 Å². The van der Waals surface area contributed by atoms with Crippen molar-refractivity contribution in [2.24, 2.45) is 0 Å². The van der Waals surface area contributed by atoms with Crippen LogP contribution >= 0.6 is 15.9 Å². The maximum absolute atomic E-state index is 3.47. The average molecular weight is 329 g/mol. The Morgan fingerprint density at radius 3 is 1.42 bits per heavy atom. The van der Waals surface area contributed by atoms with Crippen molar-refractivity contribution in [2.75, 3.05) is 5.33 Å². The molecule has 0 fully saturated rings. The van der Waals surface area contributed by atoms with E-state index in [-0.39, 0.29) is 0 Å². The molecule has 1 heteroatoms. The Bertz CT molecular complexity index is 206. The standard InChI is InChI=1S/C18H33Br/c1-2-3-4-5-6-7-8-9-10-11-12-13-14-15-16-17-18-19/h6-7,12-13H,2-5,8-11,14-18H2,1H3/b7-6?,13-12-. The SMILES string of the molecule is CCCCCC=CCCCC/C=C\CCCCCBr. The number of unbranched alkanes of at least 4 members (excludes halogenated alkanes) is 9. The fourth-order valence-corrected chi connectivity index (χ4v) is 2.44. The van der Waals surface area contributed by atoms with Crippen LogP contribution in [-0.4, -0.2) is 5.33 Å². The zero-order chi connectivity index (χ0) is 14.0. The quantitative estimate of drug-likeness (QED) is 0.180. The molecular weight excluding hydrogens is 296 g/mol. The predicted octanol–water partition coefficient (Wildman–Crippen LogP) is 7.19. The molecule has 0 radical (unpaired) electrons. The van der Waals surface area contributed by atoms with E-state index in [4.69, 9.17) is 0 Å². The number of halogens is 1. The van der Waals surface area contributed by atoms with Gasteiger partial charge in [0.25, 0.3) is 0 Å². The summed E-state index contributed by atoms with van der Waals surface area (Å²) in [7, 11) is 0. The van der Waals surface area contributed by atoms with Crippen LogP contribution < -0.4 is 0 Å². The summed E-state index contributed by atoms with van der Waals surface area (Å²) in [6.45, 7) is 2.26. The molecule has 0 spiro atoms. The molecule has 19 heavy (non-hydrogen) atoms. The van der Waals surface area contributed by atoms with Crippen LogP contribution in [0.5, 0.6) is 0 Å². The number of rotatable bonds is 14. The van der Waals surface area contributed by atoms with Crippen LogP contribution in [0.3, 0.4) is 0 Å². The molecule has 0 bridgehead atoms. The normalized spacial score (nSPS) is 11.9. The molecule has 0 heterocycles. The third kappa shape index (κ3) is 18.0. The second-order valence-electron chi connectivity index (χ2n) is 5.26. The van der Waals surface area contributed by atoms with Crippen LogP contribution in [0.1, 0.15) is 84.0 Å². The highest BCUT2D eigenvalue weighted by Crippen LogP contribution is 2.06.